The summed E-state index contributed by atoms with van der Waals surface area (Å²) in [4.78, 5) is 23.4. The van der Waals surface area contributed by atoms with Gasteiger partial charge < -0.3 is 19.3 Å². The largest absolute Gasteiger partial charge is 0.573 e. The molecule has 3 rings (SSSR count). The van der Waals surface area contributed by atoms with Crippen molar-refractivity contribution in [3.8, 4) is 11.5 Å². The van der Waals surface area contributed by atoms with Gasteiger partial charge in [0.15, 0.2) is 0 Å². The molecule has 314 valence electrons. The number of carboxylic acids is 1. The second kappa shape index (κ2) is 19.4. The number of halogens is 8. The molecule has 0 saturated heterocycles. The molecular formula is C33H38Cl2F6N2O10S3. The van der Waals surface area contributed by atoms with Gasteiger partial charge in [0.2, 0.25) is 20.0 Å². The molecule has 0 aliphatic heterocycles. The van der Waals surface area contributed by atoms with Gasteiger partial charge in [0.25, 0.3) is 0 Å². The average molecular weight is 904 g/mol. The Kier molecular flexibility index (Phi) is 16.9. The van der Waals surface area contributed by atoms with Crippen LogP contribution in [0.5, 0.6) is 11.5 Å². The standard InChI is InChI=1S/C17H24F3NO5S.C16H14Cl2F3NO5S2/c1-6-11(2)14(15(22)23)21(16(3,4)5)27(24,25)13-9-7-12(8-10-13)26-17(18,19)20;1-2-26-15(23)12(7-9-8-13(17)28-14(9)18)22-29(24,25)11-5-3-10(4-6-11)27-16(19,20)21/h7-11,14H,6H2,1-5H3,(H,22,23);3-6,8,12,22H,2,7H2,1H3/t11-,14-;12-/m00/s1. The Hall–Kier alpha value is -3.34. The van der Waals surface area contributed by atoms with E-state index in [0.29, 0.717) is 16.3 Å². The van der Waals surface area contributed by atoms with Crippen LogP contribution in [0.25, 0.3) is 0 Å². The zero-order chi connectivity index (χ0) is 43.0. The smallest absolute Gasteiger partial charge is 0.480 e. The number of rotatable bonds is 15. The predicted octanol–water partition coefficient (Wildman–Crippen LogP) is 8.28. The fraction of sp³-hybridized carbons (Fsp3) is 0.455. The number of nitrogens with one attached hydrogen (secondary N) is 1. The quantitative estimate of drug-likeness (QED) is 0.112. The van der Waals surface area contributed by atoms with Crippen LogP contribution in [0.3, 0.4) is 0 Å². The maximum atomic E-state index is 13.1. The van der Waals surface area contributed by atoms with E-state index in [-0.39, 0.29) is 27.2 Å². The highest BCUT2D eigenvalue weighted by Gasteiger charge is 2.45. The van der Waals surface area contributed by atoms with Gasteiger partial charge in [0.1, 0.15) is 23.6 Å². The number of carbonyl (C=O) groups excluding carboxylic acids is 1. The van der Waals surface area contributed by atoms with Crippen LogP contribution in [0, 0.1) is 5.92 Å². The monoisotopic (exact) mass is 902 g/mol. The second-order valence-electron chi connectivity index (χ2n) is 12.7. The summed E-state index contributed by atoms with van der Waals surface area (Å²) in [5.41, 5.74) is -0.636. The molecule has 23 heteroatoms. The van der Waals surface area contributed by atoms with Crippen molar-refractivity contribution in [2.75, 3.05) is 6.61 Å². The fourth-order valence-electron chi connectivity index (χ4n) is 4.88. The summed E-state index contributed by atoms with van der Waals surface area (Å²) >= 11 is 12.9. The van der Waals surface area contributed by atoms with Crippen LogP contribution in [0.15, 0.2) is 64.4 Å². The van der Waals surface area contributed by atoms with Crippen molar-refractivity contribution >= 4 is 66.5 Å². The Morgan fingerprint density at radius 3 is 1.68 bits per heavy atom. The third-order valence-corrected chi connectivity index (χ3v) is 12.6. The molecular weight excluding hydrogens is 865 g/mol. The Morgan fingerprint density at radius 1 is 0.857 bits per heavy atom. The number of nitrogens with zero attached hydrogens (tertiary/aromatic N) is 1. The Balaban J connectivity index is 0.000000388. The van der Waals surface area contributed by atoms with Crippen LogP contribution in [0.1, 0.15) is 53.5 Å². The van der Waals surface area contributed by atoms with Crippen molar-refractivity contribution in [3.63, 3.8) is 0 Å². The highest BCUT2D eigenvalue weighted by molar-refractivity contribution is 7.89. The molecule has 0 spiro atoms. The zero-order valence-electron chi connectivity index (χ0n) is 30.4. The van der Waals surface area contributed by atoms with Gasteiger partial charge in [-0.3, -0.25) is 9.59 Å². The van der Waals surface area contributed by atoms with E-state index in [9.17, 15) is 57.9 Å². The number of carboxylic acid groups (broad SMARTS) is 1. The maximum absolute atomic E-state index is 13.1. The van der Waals surface area contributed by atoms with Gasteiger partial charge in [-0.25, -0.2) is 16.8 Å². The summed E-state index contributed by atoms with van der Waals surface area (Å²) in [5, 5.41) is 9.64. The topological polar surface area (TPSA) is 166 Å². The van der Waals surface area contributed by atoms with Gasteiger partial charge in [0.05, 0.1) is 25.1 Å². The first-order valence-corrected chi connectivity index (χ1v) is 20.6. The molecule has 1 heterocycles. The van der Waals surface area contributed by atoms with E-state index in [1.807, 2.05) is 0 Å². The lowest BCUT2D eigenvalue weighted by Gasteiger charge is -2.40. The normalized spacial score (nSPS) is 14.3. The number of aliphatic carboxylic acids is 1. The molecule has 0 unspecified atom stereocenters. The second-order valence-corrected chi connectivity index (χ2v) is 18.5. The van der Waals surface area contributed by atoms with Gasteiger partial charge >= 0.3 is 24.7 Å². The van der Waals surface area contributed by atoms with Gasteiger partial charge in [-0.15, -0.1) is 37.7 Å². The number of sulfonamides is 2. The first kappa shape index (κ1) is 48.8. The third-order valence-electron chi connectivity index (χ3n) is 7.35. The Morgan fingerprint density at radius 2 is 1.32 bits per heavy atom. The summed E-state index contributed by atoms with van der Waals surface area (Å²) in [5.74, 6) is -3.77. The van der Waals surface area contributed by atoms with E-state index in [1.165, 1.54) is 6.07 Å². The van der Waals surface area contributed by atoms with E-state index in [2.05, 4.69) is 14.2 Å². The number of esters is 1. The van der Waals surface area contributed by atoms with Crippen molar-refractivity contribution in [2.45, 2.75) is 94.5 Å². The minimum Gasteiger partial charge on any atom is -0.480 e. The molecule has 12 nitrogen and oxygen atoms in total. The van der Waals surface area contributed by atoms with Crippen LogP contribution in [-0.4, -0.2) is 75.1 Å². The molecule has 0 bridgehead atoms. The van der Waals surface area contributed by atoms with Crippen LogP contribution < -0.4 is 14.2 Å². The first-order valence-electron chi connectivity index (χ1n) is 16.1. The fourth-order valence-corrected chi connectivity index (χ4v) is 9.60. The highest BCUT2D eigenvalue weighted by atomic mass is 35.5. The molecule has 56 heavy (non-hydrogen) atoms. The number of alkyl halides is 6. The van der Waals surface area contributed by atoms with Crippen LogP contribution in [0.4, 0.5) is 26.3 Å². The Bertz CT molecular complexity index is 2010. The third kappa shape index (κ3) is 14.6. The molecule has 3 atom stereocenters. The first-order chi connectivity index (χ1) is 25.5. The highest BCUT2D eigenvalue weighted by Crippen LogP contribution is 2.34. The van der Waals surface area contributed by atoms with Gasteiger partial charge in [-0.1, -0.05) is 43.5 Å². The van der Waals surface area contributed by atoms with Gasteiger partial charge in [-0.05, 0) is 93.8 Å². The minimum absolute atomic E-state index is 0.0126. The molecule has 0 aliphatic carbocycles. The zero-order valence-corrected chi connectivity index (χ0v) is 34.3. The summed E-state index contributed by atoms with van der Waals surface area (Å²) in [6.07, 6.45) is -9.51. The molecule has 0 fully saturated rings. The molecule has 3 aromatic rings. The molecule has 2 N–H and O–H groups in total. The number of thiophene rings is 1. The molecule has 0 saturated carbocycles. The summed E-state index contributed by atoms with van der Waals surface area (Å²) in [7, 11) is -8.57. The molecule has 0 amide bonds. The van der Waals surface area contributed by atoms with Crippen molar-refractivity contribution in [1.29, 1.82) is 0 Å². The molecule has 2 aromatic carbocycles. The predicted molar refractivity (Wildman–Crippen MR) is 195 cm³/mol. The van der Waals surface area contributed by atoms with E-state index in [0.717, 1.165) is 64.2 Å². The van der Waals surface area contributed by atoms with Crippen molar-refractivity contribution < 1.29 is 72.1 Å². The van der Waals surface area contributed by atoms with E-state index in [1.54, 1.807) is 41.5 Å². The molecule has 0 radical (unpaired) electrons. The van der Waals surface area contributed by atoms with Crippen molar-refractivity contribution in [2.24, 2.45) is 5.92 Å². The molecule has 1 aromatic heterocycles. The van der Waals surface area contributed by atoms with E-state index in [4.69, 9.17) is 27.9 Å². The average Bonchev–Trinajstić information content (AvgIpc) is 3.37. The lowest BCUT2D eigenvalue weighted by molar-refractivity contribution is -0.275. The number of carbonyl (C=O) groups is 2. The van der Waals surface area contributed by atoms with Crippen LogP contribution in [-0.2, 0) is 40.8 Å². The van der Waals surface area contributed by atoms with Crippen molar-refractivity contribution in [1.82, 2.24) is 9.03 Å². The number of benzene rings is 2. The number of ether oxygens (including phenoxy) is 3. The maximum Gasteiger partial charge on any atom is 0.573 e. The SMILES string of the molecule is CCOC(=O)[C@H](Cc1cc(Cl)sc1Cl)NS(=O)(=O)c1ccc(OC(F)(F)F)cc1.CC[C@H](C)[C@@H](C(=O)O)N(C(C)(C)C)S(=O)(=O)c1ccc(OC(F)(F)F)cc1. The van der Waals surface area contributed by atoms with Crippen LogP contribution >= 0.6 is 34.5 Å². The number of hydrogen-bond donors (Lipinski definition) is 2. The van der Waals surface area contributed by atoms with Crippen LogP contribution in [0.2, 0.25) is 8.67 Å². The van der Waals surface area contributed by atoms with Crippen molar-refractivity contribution in [3.05, 3.63) is 68.8 Å². The summed E-state index contributed by atoms with van der Waals surface area (Å²) < 4.78 is 141. The lowest BCUT2D eigenvalue weighted by Crippen LogP contribution is -2.56. The number of hydrogen-bond acceptors (Lipinski definition) is 10. The summed E-state index contributed by atoms with van der Waals surface area (Å²) in [6.45, 7) is 9.62. The van der Waals surface area contributed by atoms with Gasteiger partial charge in [0, 0.05) is 12.0 Å². The van der Waals surface area contributed by atoms with E-state index < -0.39 is 79.7 Å². The van der Waals surface area contributed by atoms with E-state index >= 15 is 0 Å². The summed E-state index contributed by atoms with van der Waals surface area (Å²) in [6, 6.07) is 6.04. The van der Waals surface area contributed by atoms with Gasteiger partial charge in [-0.2, -0.15) is 9.03 Å². The lowest BCUT2D eigenvalue weighted by atomic mass is 9.96. The minimum atomic E-state index is -4.91. The Labute approximate surface area is 333 Å². The molecule has 0 aliphatic rings.